The molecule has 0 fully saturated rings. The average molecular weight is 294 g/mol. The molecule has 0 unspecified atom stereocenters. The van der Waals surface area contributed by atoms with Gasteiger partial charge in [-0.25, -0.2) is 4.79 Å². The highest BCUT2D eigenvalue weighted by Crippen LogP contribution is 2.27. The Morgan fingerprint density at radius 2 is 2.07 bits per heavy atom. The SMILES string of the molecule is CC(C)(Oc1cc(Cl)cc(Br)c1)C(=O)O. The molecule has 1 rings (SSSR count). The summed E-state index contributed by atoms with van der Waals surface area (Å²) in [5.74, 6) is -0.611. The second kappa shape index (κ2) is 4.41. The maximum absolute atomic E-state index is 10.8. The van der Waals surface area contributed by atoms with Crippen molar-refractivity contribution in [1.29, 1.82) is 0 Å². The van der Waals surface area contributed by atoms with Crippen molar-refractivity contribution in [3.05, 3.63) is 27.7 Å². The van der Waals surface area contributed by atoms with Crippen LogP contribution in [0.5, 0.6) is 5.75 Å². The molecule has 5 heteroatoms. The van der Waals surface area contributed by atoms with E-state index in [1.165, 1.54) is 13.8 Å². The molecule has 0 aliphatic rings. The molecule has 3 nitrogen and oxygen atoms in total. The van der Waals surface area contributed by atoms with Crippen LogP contribution in [0.4, 0.5) is 0 Å². The van der Waals surface area contributed by atoms with Crippen LogP contribution in [0.3, 0.4) is 0 Å². The van der Waals surface area contributed by atoms with Crippen LogP contribution < -0.4 is 4.74 Å². The van der Waals surface area contributed by atoms with Crippen LogP contribution in [0.25, 0.3) is 0 Å². The van der Waals surface area contributed by atoms with Crippen molar-refractivity contribution >= 4 is 33.5 Å². The van der Waals surface area contributed by atoms with Gasteiger partial charge in [0.15, 0.2) is 5.60 Å². The van der Waals surface area contributed by atoms with Gasteiger partial charge in [0, 0.05) is 9.50 Å². The van der Waals surface area contributed by atoms with Gasteiger partial charge in [0.05, 0.1) is 0 Å². The fourth-order valence-corrected chi connectivity index (χ4v) is 1.75. The molecular formula is C10H10BrClO3. The third-order valence-corrected chi connectivity index (χ3v) is 2.40. The van der Waals surface area contributed by atoms with Crippen molar-refractivity contribution < 1.29 is 14.6 Å². The molecule has 0 aliphatic carbocycles. The molecule has 1 aromatic rings. The Bertz CT molecular complexity index is 370. The van der Waals surface area contributed by atoms with Crippen LogP contribution in [0.2, 0.25) is 5.02 Å². The number of ether oxygens (including phenoxy) is 1. The second-order valence-electron chi connectivity index (χ2n) is 3.52. The van der Waals surface area contributed by atoms with E-state index in [0.29, 0.717) is 10.8 Å². The molecule has 0 atom stereocenters. The molecule has 0 radical (unpaired) electrons. The lowest BCUT2D eigenvalue weighted by Crippen LogP contribution is -2.37. The average Bonchev–Trinajstić information content (AvgIpc) is 1.99. The number of benzene rings is 1. The van der Waals surface area contributed by atoms with Crippen molar-refractivity contribution in [3.8, 4) is 5.75 Å². The van der Waals surface area contributed by atoms with Crippen LogP contribution in [-0.2, 0) is 4.79 Å². The van der Waals surface area contributed by atoms with E-state index in [9.17, 15) is 4.79 Å². The summed E-state index contributed by atoms with van der Waals surface area (Å²) >= 11 is 9.05. The minimum absolute atomic E-state index is 0.418. The monoisotopic (exact) mass is 292 g/mol. The minimum Gasteiger partial charge on any atom is -0.478 e. The number of aliphatic carboxylic acids is 1. The Kier molecular flexibility index (Phi) is 3.62. The molecule has 82 valence electrons. The summed E-state index contributed by atoms with van der Waals surface area (Å²) in [4.78, 5) is 10.8. The van der Waals surface area contributed by atoms with Crippen molar-refractivity contribution in [3.63, 3.8) is 0 Å². The molecule has 1 N–H and O–H groups in total. The Morgan fingerprint density at radius 3 is 2.53 bits per heavy atom. The standard InChI is InChI=1S/C10H10BrClO3/c1-10(2,9(13)14)15-8-4-6(11)3-7(12)5-8/h3-5H,1-2H3,(H,13,14). The zero-order valence-electron chi connectivity index (χ0n) is 8.25. The molecule has 0 aromatic heterocycles. The fourth-order valence-electron chi connectivity index (χ4n) is 0.926. The Hall–Kier alpha value is -0.740. The van der Waals surface area contributed by atoms with E-state index in [-0.39, 0.29) is 0 Å². The predicted molar refractivity (Wildman–Crippen MR) is 61.5 cm³/mol. The maximum atomic E-state index is 10.8. The van der Waals surface area contributed by atoms with Gasteiger partial charge in [-0.1, -0.05) is 27.5 Å². The normalized spacial score (nSPS) is 11.2. The Labute approximate surface area is 101 Å². The molecule has 0 saturated heterocycles. The molecule has 0 aliphatic heterocycles. The van der Waals surface area contributed by atoms with Crippen LogP contribution >= 0.6 is 27.5 Å². The number of rotatable bonds is 3. The summed E-state index contributed by atoms with van der Waals surface area (Å²) in [7, 11) is 0. The number of halogens is 2. The van der Waals surface area contributed by atoms with E-state index in [4.69, 9.17) is 21.4 Å². The van der Waals surface area contributed by atoms with Gasteiger partial charge in [0.1, 0.15) is 5.75 Å². The van der Waals surface area contributed by atoms with Crippen molar-refractivity contribution in [2.75, 3.05) is 0 Å². The van der Waals surface area contributed by atoms with Gasteiger partial charge in [-0.15, -0.1) is 0 Å². The molecular weight excluding hydrogens is 283 g/mol. The highest BCUT2D eigenvalue weighted by atomic mass is 79.9. The zero-order chi connectivity index (χ0) is 11.6. The number of carboxylic acids is 1. The fraction of sp³-hybridized carbons (Fsp3) is 0.300. The summed E-state index contributed by atoms with van der Waals surface area (Å²) in [5.41, 5.74) is -1.27. The summed E-state index contributed by atoms with van der Waals surface area (Å²) in [6.45, 7) is 2.95. The molecule has 1 aromatic carbocycles. The maximum Gasteiger partial charge on any atom is 0.347 e. The van der Waals surface area contributed by atoms with Gasteiger partial charge in [-0.05, 0) is 32.0 Å². The van der Waals surface area contributed by atoms with Gasteiger partial charge in [0.25, 0.3) is 0 Å². The first-order valence-electron chi connectivity index (χ1n) is 4.20. The molecule has 0 amide bonds. The van der Waals surface area contributed by atoms with Gasteiger partial charge in [0.2, 0.25) is 0 Å². The third kappa shape index (κ3) is 3.39. The smallest absolute Gasteiger partial charge is 0.347 e. The van der Waals surface area contributed by atoms with E-state index in [1.807, 2.05) is 0 Å². The number of carbonyl (C=O) groups is 1. The summed E-state index contributed by atoms with van der Waals surface area (Å²) < 4.78 is 6.05. The predicted octanol–water partition coefficient (Wildman–Crippen LogP) is 3.34. The van der Waals surface area contributed by atoms with Crippen molar-refractivity contribution in [1.82, 2.24) is 0 Å². The first-order valence-corrected chi connectivity index (χ1v) is 5.37. The van der Waals surface area contributed by atoms with E-state index >= 15 is 0 Å². The minimum atomic E-state index is -1.27. The molecule has 15 heavy (non-hydrogen) atoms. The highest BCUT2D eigenvalue weighted by Gasteiger charge is 2.29. The first kappa shape index (κ1) is 12.3. The summed E-state index contributed by atoms with van der Waals surface area (Å²) in [5, 5.41) is 9.36. The summed E-state index contributed by atoms with van der Waals surface area (Å²) in [6, 6.07) is 4.93. The highest BCUT2D eigenvalue weighted by molar-refractivity contribution is 9.10. The van der Waals surface area contributed by atoms with Gasteiger partial charge < -0.3 is 9.84 Å². The molecule has 0 heterocycles. The van der Waals surface area contributed by atoms with Crippen LogP contribution in [-0.4, -0.2) is 16.7 Å². The summed E-state index contributed by atoms with van der Waals surface area (Å²) in [6.07, 6.45) is 0. The Morgan fingerprint density at radius 1 is 1.47 bits per heavy atom. The first-order chi connectivity index (χ1) is 6.81. The quantitative estimate of drug-likeness (QED) is 0.929. The van der Waals surface area contributed by atoms with Crippen LogP contribution in [0.1, 0.15) is 13.8 Å². The van der Waals surface area contributed by atoms with Gasteiger partial charge in [-0.2, -0.15) is 0 Å². The Balaban J connectivity index is 2.94. The molecule has 0 bridgehead atoms. The van der Waals surface area contributed by atoms with E-state index in [0.717, 1.165) is 4.47 Å². The van der Waals surface area contributed by atoms with E-state index in [1.54, 1.807) is 18.2 Å². The zero-order valence-corrected chi connectivity index (χ0v) is 10.6. The third-order valence-electron chi connectivity index (χ3n) is 1.72. The lowest BCUT2D eigenvalue weighted by molar-refractivity contribution is -0.152. The van der Waals surface area contributed by atoms with Crippen LogP contribution in [0, 0.1) is 0 Å². The van der Waals surface area contributed by atoms with Gasteiger partial charge >= 0.3 is 5.97 Å². The molecule has 0 saturated carbocycles. The van der Waals surface area contributed by atoms with E-state index in [2.05, 4.69) is 15.9 Å². The number of carboxylic acid groups (broad SMARTS) is 1. The largest absolute Gasteiger partial charge is 0.478 e. The lowest BCUT2D eigenvalue weighted by Gasteiger charge is -2.21. The number of hydrogen-bond donors (Lipinski definition) is 1. The van der Waals surface area contributed by atoms with Crippen molar-refractivity contribution in [2.24, 2.45) is 0 Å². The van der Waals surface area contributed by atoms with Crippen LogP contribution in [0.15, 0.2) is 22.7 Å². The van der Waals surface area contributed by atoms with E-state index < -0.39 is 11.6 Å². The second-order valence-corrected chi connectivity index (χ2v) is 4.87. The molecule has 0 spiro atoms. The topological polar surface area (TPSA) is 46.5 Å². The van der Waals surface area contributed by atoms with Gasteiger partial charge in [-0.3, -0.25) is 0 Å². The van der Waals surface area contributed by atoms with Crippen molar-refractivity contribution in [2.45, 2.75) is 19.4 Å². The number of hydrogen-bond acceptors (Lipinski definition) is 2. The lowest BCUT2D eigenvalue weighted by atomic mass is 10.1.